The lowest BCUT2D eigenvalue weighted by molar-refractivity contribution is -0.136. The van der Waals surface area contributed by atoms with Crippen molar-refractivity contribution in [3.05, 3.63) is 83.4 Å². The SMILES string of the molecule is COc1ccc(NC(=O)C2CCN(C(=O)[C@@H](Cc3ccccc3)NC(=O)Nc3cc(Cl)ccc3OC)CC2)cc1. The molecule has 10 heteroatoms. The second kappa shape index (κ2) is 13.7. The maximum Gasteiger partial charge on any atom is 0.320 e. The molecule has 0 bridgehead atoms. The van der Waals surface area contributed by atoms with Gasteiger partial charge in [-0.3, -0.25) is 9.59 Å². The molecule has 0 saturated carbocycles. The lowest BCUT2D eigenvalue weighted by Crippen LogP contribution is -2.53. The van der Waals surface area contributed by atoms with Crippen LogP contribution in [0, 0.1) is 5.92 Å². The molecule has 0 unspecified atom stereocenters. The third-order valence-electron chi connectivity index (χ3n) is 6.83. The number of hydrogen-bond acceptors (Lipinski definition) is 5. The number of amides is 4. The first-order valence-corrected chi connectivity index (χ1v) is 13.4. The normalized spacial score (nSPS) is 14.1. The number of anilines is 2. The third-order valence-corrected chi connectivity index (χ3v) is 7.07. The molecule has 0 spiro atoms. The van der Waals surface area contributed by atoms with Crippen LogP contribution >= 0.6 is 11.6 Å². The zero-order valence-corrected chi connectivity index (χ0v) is 23.2. The van der Waals surface area contributed by atoms with Crippen LogP contribution in [0.1, 0.15) is 18.4 Å². The van der Waals surface area contributed by atoms with Crippen molar-refractivity contribution in [2.45, 2.75) is 25.3 Å². The molecule has 3 aromatic carbocycles. The van der Waals surface area contributed by atoms with Gasteiger partial charge in [-0.15, -0.1) is 0 Å². The molecule has 40 heavy (non-hydrogen) atoms. The topological polar surface area (TPSA) is 109 Å². The average molecular weight is 565 g/mol. The average Bonchev–Trinajstić information content (AvgIpc) is 2.97. The molecule has 0 radical (unpaired) electrons. The van der Waals surface area contributed by atoms with Crippen LogP contribution < -0.4 is 25.4 Å². The number of urea groups is 1. The minimum atomic E-state index is -0.808. The van der Waals surface area contributed by atoms with E-state index in [0.29, 0.717) is 60.2 Å². The summed E-state index contributed by atoms with van der Waals surface area (Å²) in [5.74, 6) is 0.659. The van der Waals surface area contributed by atoms with Crippen molar-refractivity contribution in [2.75, 3.05) is 37.9 Å². The van der Waals surface area contributed by atoms with Crippen LogP contribution in [0.2, 0.25) is 5.02 Å². The van der Waals surface area contributed by atoms with Crippen LogP contribution in [0.25, 0.3) is 0 Å². The number of likely N-dealkylation sites (tertiary alicyclic amines) is 1. The number of carbonyl (C=O) groups excluding carboxylic acids is 3. The van der Waals surface area contributed by atoms with E-state index >= 15 is 0 Å². The molecule has 1 aliphatic heterocycles. The highest BCUT2D eigenvalue weighted by Crippen LogP contribution is 2.28. The summed E-state index contributed by atoms with van der Waals surface area (Å²) in [5.41, 5.74) is 2.00. The van der Waals surface area contributed by atoms with Crippen LogP contribution in [0.15, 0.2) is 72.8 Å². The smallest absolute Gasteiger partial charge is 0.320 e. The Balaban J connectivity index is 1.39. The van der Waals surface area contributed by atoms with Gasteiger partial charge in [0, 0.05) is 36.1 Å². The number of nitrogens with zero attached hydrogens (tertiary/aromatic N) is 1. The Morgan fingerprint density at radius 2 is 1.62 bits per heavy atom. The summed E-state index contributed by atoms with van der Waals surface area (Å²) in [7, 11) is 3.08. The summed E-state index contributed by atoms with van der Waals surface area (Å²) >= 11 is 6.09. The molecule has 0 aromatic heterocycles. The van der Waals surface area contributed by atoms with Crippen molar-refractivity contribution < 1.29 is 23.9 Å². The van der Waals surface area contributed by atoms with E-state index in [0.717, 1.165) is 5.56 Å². The van der Waals surface area contributed by atoms with Gasteiger partial charge in [0.15, 0.2) is 0 Å². The van der Waals surface area contributed by atoms with E-state index in [4.69, 9.17) is 21.1 Å². The molecule has 0 aliphatic carbocycles. The monoisotopic (exact) mass is 564 g/mol. The van der Waals surface area contributed by atoms with Crippen molar-refractivity contribution >= 4 is 40.8 Å². The first-order chi connectivity index (χ1) is 19.4. The number of methoxy groups -OCH3 is 2. The molecule has 3 N–H and O–H groups in total. The number of rotatable bonds is 9. The summed E-state index contributed by atoms with van der Waals surface area (Å²) in [4.78, 5) is 41.2. The minimum Gasteiger partial charge on any atom is -0.497 e. The fourth-order valence-corrected chi connectivity index (χ4v) is 4.82. The van der Waals surface area contributed by atoms with E-state index in [1.165, 1.54) is 7.11 Å². The third kappa shape index (κ3) is 7.66. The number of ether oxygens (including phenoxy) is 2. The quantitative estimate of drug-likeness (QED) is 0.340. The number of nitrogens with one attached hydrogen (secondary N) is 3. The van der Waals surface area contributed by atoms with Gasteiger partial charge in [-0.1, -0.05) is 41.9 Å². The molecule has 4 amide bonds. The molecule has 1 heterocycles. The highest BCUT2D eigenvalue weighted by molar-refractivity contribution is 6.31. The second-order valence-corrected chi connectivity index (χ2v) is 9.94. The fourth-order valence-electron chi connectivity index (χ4n) is 4.65. The van der Waals surface area contributed by atoms with Gasteiger partial charge in [0.25, 0.3) is 0 Å². The molecular weight excluding hydrogens is 532 g/mol. The number of halogens is 1. The molecule has 1 atom stereocenters. The molecule has 1 aliphatic rings. The van der Waals surface area contributed by atoms with Gasteiger partial charge in [0.2, 0.25) is 11.8 Å². The van der Waals surface area contributed by atoms with Crippen molar-refractivity contribution in [1.29, 1.82) is 0 Å². The van der Waals surface area contributed by atoms with E-state index in [1.54, 1.807) is 54.5 Å². The predicted octanol–water partition coefficient (Wildman–Crippen LogP) is 4.97. The first kappa shape index (κ1) is 28.8. The molecule has 210 valence electrons. The van der Waals surface area contributed by atoms with Crippen LogP contribution in [-0.4, -0.2) is 56.1 Å². The van der Waals surface area contributed by atoms with Crippen molar-refractivity contribution in [3.8, 4) is 11.5 Å². The molecule has 3 aromatic rings. The van der Waals surface area contributed by atoms with Crippen LogP contribution in [0.5, 0.6) is 11.5 Å². The van der Waals surface area contributed by atoms with Gasteiger partial charge in [-0.25, -0.2) is 4.79 Å². The molecule has 1 saturated heterocycles. The lowest BCUT2D eigenvalue weighted by atomic mass is 9.94. The van der Waals surface area contributed by atoms with Crippen molar-refractivity contribution in [3.63, 3.8) is 0 Å². The first-order valence-electron chi connectivity index (χ1n) is 13.0. The number of hydrogen-bond donors (Lipinski definition) is 3. The molecule has 9 nitrogen and oxygen atoms in total. The van der Waals surface area contributed by atoms with Gasteiger partial charge in [-0.05, 0) is 60.9 Å². The van der Waals surface area contributed by atoms with Gasteiger partial charge < -0.3 is 30.3 Å². The van der Waals surface area contributed by atoms with E-state index in [9.17, 15) is 14.4 Å². The highest BCUT2D eigenvalue weighted by Gasteiger charge is 2.32. The lowest BCUT2D eigenvalue weighted by Gasteiger charge is -2.34. The Morgan fingerprint density at radius 1 is 0.925 bits per heavy atom. The summed E-state index contributed by atoms with van der Waals surface area (Å²) in [5, 5.41) is 8.95. The maximum atomic E-state index is 13.6. The van der Waals surface area contributed by atoms with Gasteiger partial charge in [-0.2, -0.15) is 0 Å². The van der Waals surface area contributed by atoms with Crippen LogP contribution in [0.4, 0.5) is 16.2 Å². The van der Waals surface area contributed by atoms with E-state index < -0.39 is 12.1 Å². The summed E-state index contributed by atoms with van der Waals surface area (Å²) in [6, 6.07) is 20.2. The largest absolute Gasteiger partial charge is 0.497 e. The Kier molecular flexibility index (Phi) is 9.86. The standard InChI is InChI=1S/C30H33ClN4O5/c1-39-24-11-9-23(10-12-24)32-28(36)21-14-16-35(17-15-21)29(37)26(18-20-6-4-3-5-7-20)34-30(38)33-25-19-22(31)8-13-27(25)40-2/h3-13,19,21,26H,14-18H2,1-2H3,(H,32,36)(H2,33,34,38)/t26-/m1/s1. The number of benzene rings is 3. The van der Waals surface area contributed by atoms with Gasteiger partial charge in [0.1, 0.15) is 17.5 Å². The second-order valence-electron chi connectivity index (χ2n) is 9.50. The Hall–Kier alpha value is -4.24. The van der Waals surface area contributed by atoms with Crippen LogP contribution in [-0.2, 0) is 16.0 Å². The van der Waals surface area contributed by atoms with Gasteiger partial charge in [0.05, 0.1) is 19.9 Å². The number of carbonyl (C=O) groups is 3. The zero-order valence-electron chi connectivity index (χ0n) is 22.5. The van der Waals surface area contributed by atoms with Crippen molar-refractivity contribution in [2.24, 2.45) is 5.92 Å². The fraction of sp³-hybridized carbons (Fsp3) is 0.300. The molecule has 1 fully saturated rings. The van der Waals surface area contributed by atoms with Crippen LogP contribution in [0.3, 0.4) is 0 Å². The Morgan fingerprint density at radius 3 is 2.27 bits per heavy atom. The Bertz CT molecular complexity index is 1310. The summed E-state index contributed by atoms with van der Waals surface area (Å²) in [6.45, 7) is 0.826. The Labute approximate surface area is 238 Å². The summed E-state index contributed by atoms with van der Waals surface area (Å²) in [6.07, 6.45) is 1.37. The van der Waals surface area contributed by atoms with E-state index in [2.05, 4.69) is 16.0 Å². The number of piperidine rings is 1. The van der Waals surface area contributed by atoms with Crippen molar-refractivity contribution in [1.82, 2.24) is 10.2 Å². The zero-order chi connectivity index (χ0) is 28.5. The molecular formula is C30H33ClN4O5. The summed E-state index contributed by atoms with van der Waals surface area (Å²) < 4.78 is 10.5. The predicted molar refractivity (Wildman–Crippen MR) is 155 cm³/mol. The molecule has 4 rings (SSSR count). The van der Waals surface area contributed by atoms with E-state index in [1.807, 2.05) is 30.3 Å². The maximum absolute atomic E-state index is 13.6. The van der Waals surface area contributed by atoms with E-state index in [-0.39, 0.29) is 17.7 Å². The minimum absolute atomic E-state index is 0.0777. The highest BCUT2D eigenvalue weighted by atomic mass is 35.5. The van der Waals surface area contributed by atoms with Gasteiger partial charge >= 0.3 is 6.03 Å².